The number of rotatable bonds is 4. The van der Waals surface area contributed by atoms with Crippen molar-refractivity contribution in [1.82, 2.24) is 14.7 Å². The number of aromatic nitrogens is 2. The van der Waals surface area contributed by atoms with E-state index in [9.17, 15) is 14.9 Å². The molecule has 0 radical (unpaired) electrons. The molecule has 10 heteroatoms. The van der Waals surface area contributed by atoms with Gasteiger partial charge < -0.3 is 9.80 Å². The molecular weight excluding hydrogens is 453 g/mol. The molecule has 1 aromatic heterocycles. The van der Waals surface area contributed by atoms with Crippen molar-refractivity contribution in [3.05, 3.63) is 79.6 Å². The minimum Gasteiger partial charge on any atom is -0.368 e. The van der Waals surface area contributed by atoms with Crippen molar-refractivity contribution >= 4 is 40.5 Å². The number of anilines is 1. The standard InChI is InChI=1S/C22H21Cl2N5O3/c1-14-11-15(2)28(25-14)21-13-17(4-6-20(21)29(31)32)26-7-9-27(10-8-26)22(30)16-3-5-18(23)19(24)12-16/h3-6,11-13H,7-10H2,1-2H3. The summed E-state index contributed by atoms with van der Waals surface area (Å²) in [6.07, 6.45) is 0. The monoisotopic (exact) mass is 473 g/mol. The number of nitrogens with zero attached hydrogens (tertiary/aromatic N) is 5. The van der Waals surface area contributed by atoms with Crippen LogP contribution in [0.4, 0.5) is 11.4 Å². The zero-order valence-corrected chi connectivity index (χ0v) is 19.1. The molecule has 166 valence electrons. The van der Waals surface area contributed by atoms with Gasteiger partial charge in [-0.3, -0.25) is 14.9 Å². The second-order valence-corrected chi connectivity index (χ2v) is 8.49. The highest BCUT2D eigenvalue weighted by Crippen LogP contribution is 2.30. The fourth-order valence-corrected chi connectivity index (χ4v) is 4.18. The van der Waals surface area contributed by atoms with Gasteiger partial charge in [0.25, 0.3) is 11.6 Å². The van der Waals surface area contributed by atoms with Gasteiger partial charge in [0.05, 0.1) is 20.7 Å². The van der Waals surface area contributed by atoms with Crippen LogP contribution in [0.25, 0.3) is 5.69 Å². The molecule has 0 spiro atoms. The van der Waals surface area contributed by atoms with Gasteiger partial charge in [0.15, 0.2) is 0 Å². The van der Waals surface area contributed by atoms with Crippen LogP contribution in [0.15, 0.2) is 42.5 Å². The highest BCUT2D eigenvalue weighted by molar-refractivity contribution is 6.42. The van der Waals surface area contributed by atoms with Crippen LogP contribution >= 0.6 is 23.2 Å². The van der Waals surface area contributed by atoms with Gasteiger partial charge in [-0.15, -0.1) is 0 Å². The molecule has 0 atom stereocenters. The van der Waals surface area contributed by atoms with E-state index >= 15 is 0 Å². The Morgan fingerprint density at radius 1 is 1.00 bits per heavy atom. The largest absolute Gasteiger partial charge is 0.368 e. The molecule has 3 aromatic rings. The molecular formula is C22H21Cl2N5O3. The number of hydrogen-bond acceptors (Lipinski definition) is 5. The van der Waals surface area contributed by atoms with Crippen molar-refractivity contribution in [3.8, 4) is 5.69 Å². The first kappa shape index (κ1) is 22.1. The van der Waals surface area contributed by atoms with Gasteiger partial charge in [0.2, 0.25) is 0 Å². The number of aryl methyl sites for hydroxylation is 2. The summed E-state index contributed by atoms with van der Waals surface area (Å²) in [5, 5.41) is 16.8. The van der Waals surface area contributed by atoms with E-state index in [0.717, 1.165) is 17.1 Å². The maximum absolute atomic E-state index is 12.8. The number of nitro groups is 1. The Morgan fingerprint density at radius 3 is 2.31 bits per heavy atom. The Hall–Kier alpha value is -3.10. The molecule has 1 aliphatic rings. The molecule has 0 saturated carbocycles. The van der Waals surface area contributed by atoms with E-state index in [1.165, 1.54) is 6.07 Å². The topological polar surface area (TPSA) is 84.5 Å². The zero-order valence-electron chi connectivity index (χ0n) is 17.6. The smallest absolute Gasteiger partial charge is 0.295 e. The molecule has 1 amide bonds. The fourth-order valence-electron chi connectivity index (χ4n) is 3.88. The summed E-state index contributed by atoms with van der Waals surface area (Å²) >= 11 is 12.0. The van der Waals surface area contributed by atoms with Crippen molar-refractivity contribution in [2.45, 2.75) is 13.8 Å². The Morgan fingerprint density at radius 2 is 1.72 bits per heavy atom. The fraction of sp³-hybridized carbons (Fsp3) is 0.273. The van der Waals surface area contributed by atoms with Gasteiger partial charge >= 0.3 is 0 Å². The molecule has 0 N–H and O–H groups in total. The molecule has 0 bridgehead atoms. The highest BCUT2D eigenvalue weighted by Gasteiger charge is 2.25. The lowest BCUT2D eigenvalue weighted by molar-refractivity contribution is -0.384. The normalized spacial score (nSPS) is 14.0. The summed E-state index contributed by atoms with van der Waals surface area (Å²) in [7, 11) is 0. The maximum Gasteiger partial charge on any atom is 0.295 e. The summed E-state index contributed by atoms with van der Waals surface area (Å²) in [4.78, 5) is 27.9. The Balaban J connectivity index is 1.54. The molecule has 2 aromatic carbocycles. The van der Waals surface area contributed by atoms with Gasteiger partial charge in [-0.05, 0) is 50.2 Å². The second kappa shape index (κ2) is 8.80. The van der Waals surface area contributed by atoms with Gasteiger partial charge in [0, 0.05) is 49.2 Å². The number of carbonyl (C=O) groups excluding carboxylic acids is 1. The lowest BCUT2D eigenvalue weighted by Crippen LogP contribution is -2.48. The molecule has 1 saturated heterocycles. The van der Waals surface area contributed by atoms with Gasteiger partial charge in [0.1, 0.15) is 5.69 Å². The number of benzene rings is 2. The number of piperazine rings is 1. The van der Waals surface area contributed by atoms with Crippen molar-refractivity contribution < 1.29 is 9.72 Å². The zero-order chi connectivity index (χ0) is 23.0. The number of amides is 1. The average Bonchev–Trinajstić information content (AvgIpc) is 3.12. The molecule has 8 nitrogen and oxygen atoms in total. The van der Waals surface area contributed by atoms with Crippen molar-refractivity contribution in [2.75, 3.05) is 31.1 Å². The first-order valence-electron chi connectivity index (χ1n) is 10.1. The summed E-state index contributed by atoms with van der Waals surface area (Å²) in [6.45, 7) is 5.95. The maximum atomic E-state index is 12.8. The molecule has 0 aliphatic carbocycles. The Bertz CT molecular complexity index is 1200. The van der Waals surface area contributed by atoms with E-state index in [1.54, 1.807) is 39.9 Å². The van der Waals surface area contributed by atoms with Crippen LogP contribution in [0, 0.1) is 24.0 Å². The lowest BCUT2D eigenvalue weighted by Gasteiger charge is -2.36. The van der Waals surface area contributed by atoms with Crippen LogP contribution in [0.3, 0.4) is 0 Å². The van der Waals surface area contributed by atoms with Crippen molar-refractivity contribution in [2.24, 2.45) is 0 Å². The molecule has 4 rings (SSSR count). The summed E-state index contributed by atoms with van der Waals surface area (Å²) in [5.41, 5.74) is 3.37. The first-order chi connectivity index (χ1) is 15.2. The summed E-state index contributed by atoms with van der Waals surface area (Å²) in [5.74, 6) is -0.102. The number of hydrogen-bond donors (Lipinski definition) is 0. The highest BCUT2D eigenvalue weighted by atomic mass is 35.5. The number of nitro benzene ring substituents is 1. The third kappa shape index (κ3) is 4.28. The molecule has 1 aliphatic heterocycles. The van der Waals surface area contributed by atoms with Crippen molar-refractivity contribution in [1.29, 1.82) is 0 Å². The molecule has 32 heavy (non-hydrogen) atoms. The molecule has 0 unspecified atom stereocenters. The predicted molar refractivity (Wildman–Crippen MR) is 124 cm³/mol. The van der Waals surface area contributed by atoms with E-state index < -0.39 is 4.92 Å². The number of carbonyl (C=O) groups is 1. The minimum atomic E-state index is -0.399. The second-order valence-electron chi connectivity index (χ2n) is 7.68. The van der Waals surface area contributed by atoms with Crippen LogP contribution in [0.1, 0.15) is 21.7 Å². The van der Waals surface area contributed by atoms with Crippen LogP contribution in [0.2, 0.25) is 10.0 Å². The van der Waals surface area contributed by atoms with E-state index in [2.05, 4.69) is 10.00 Å². The van der Waals surface area contributed by atoms with E-state index in [4.69, 9.17) is 23.2 Å². The van der Waals surface area contributed by atoms with E-state index in [-0.39, 0.29) is 11.6 Å². The van der Waals surface area contributed by atoms with Crippen LogP contribution < -0.4 is 4.90 Å². The summed E-state index contributed by atoms with van der Waals surface area (Å²) in [6, 6.07) is 11.8. The van der Waals surface area contributed by atoms with Gasteiger partial charge in [-0.25, -0.2) is 4.68 Å². The quantitative estimate of drug-likeness (QED) is 0.406. The Kier molecular flexibility index (Phi) is 6.08. The predicted octanol–water partition coefficient (Wildman–Crippen LogP) is 4.67. The average molecular weight is 474 g/mol. The van der Waals surface area contributed by atoms with Crippen LogP contribution in [-0.4, -0.2) is 51.7 Å². The van der Waals surface area contributed by atoms with Crippen molar-refractivity contribution in [3.63, 3.8) is 0 Å². The third-order valence-electron chi connectivity index (χ3n) is 5.49. The summed E-state index contributed by atoms with van der Waals surface area (Å²) < 4.78 is 1.60. The number of halogens is 2. The lowest BCUT2D eigenvalue weighted by atomic mass is 10.1. The third-order valence-corrected chi connectivity index (χ3v) is 6.23. The van der Waals surface area contributed by atoms with Crippen LogP contribution in [-0.2, 0) is 0 Å². The van der Waals surface area contributed by atoms with Gasteiger partial charge in [-0.2, -0.15) is 5.10 Å². The molecule has 1 fully saturated rings. The minimum absolute atomic E-state index is 0.00613. The van der Waals surface area contributed by atoms with Crippen LogP contribution in [0.5, 0.6) is 0 Å². The molecule has 2 heterocycles. The Labute approximate surface area is 195 Å². The first-order valence-corrected chi connectivity index (χ1v) is 10.8. The SMILES string of the molecule is Cc1cc(C)n(-c2cc(N3CCN(C(=O)c4ccc(Cl)c(Cl)c4)CC3)ccc2[N+](=O)[O-])n1. The van der Waals surface area contributed by atoms with E-state index in [0.29, 0.717) is 47.5 Å². The van der Waals surface area contributed by atoms with Gasteiger partial charge in [-0.1, -0.05) is 23.2 Å². The van der Waals surface area contributed by atoms with E-state index in [1.807, 2.05) is 19.9 Å².